The van der Waals surface area contributed by atoms with Gasteiger partial charge in [-0.05, 0) is 85.7 Å². The maximum Gasteiger partial charge on any atom is 0.338 e. The number of nitro groups is 2. The molecule has 0 unspecified atom stereocenters. The number of phenolic OH excluding ortho intramolecular Hbond substituents is 1. The molecule has 0 aliphatic rings. The molecule has 0 atom stereocenters. The number of anilines is 1. The Morgan fingerprint density at radius 1 is 0.604 bits per heavy atom. The number of nitrogen functional groups attached to an aromatic ring is 1. The van der Waals surface area contributed by atoms with Crippen molar-refractivity contribution < 1.29 is 53.4 Å². The van der Waals surface area contributed by atoms with Crippen molar-refractivity contribution in [2.75, 3.05) is 5.73 Å². The van der Waals surface area contributed by atoms with Crippen molar-refractivity contribution in [3.8, 4) is 17.2 Å². The van der Waals surface area contributed by atoms with Crippen LogP contribution in [0.2, 0.25) is 0 Å². The fourth-order valence-corrected chi connectivity index (χ4v) is 3.53. The number of hydrogen-bond donors (Lipinski definition) is 3. The molecule has 16 nitrogen and oxygen atoms in total. The Bertz CT molecular complexity index is 1640. The molecule has 16 heteroatoms. The number of carboxylic acids is 1. The highest BCUT2D eigenvalue weighted by molar-refractivity contribution is 5.91. The maximum absolute atomic E-state index is 11.7. The van der Waals surface area contributed by atoms with Gasteiger partial charge in [-0.25, -0.2) is 14.4 Å². The van der Waals surface area contributed by atoms with Crippen molar-refractivity contribution in [1.29, 1.82) is 0 Å². The van der Waals surface area contributed by atoms with Gasteiger partial charge in [0.05, 0.1) is 56.6 Å². The smallest absolute Gasteiger partial charge is 0.338 e. The number of nitrogens with zero attached hydrogens (tertiary/aromatic N) is 2. The van der Waals surface area contributed by atoms with Crippen LogP contribution in [-0.4, -0.2) is 62.4 Å². The Morgan fingerprint density at radius 2 is 0.981 bits per heavy atom. The van der Waals surface area contributed by atoms with Gasteiger partial charge in [0, 0.05) is 24.3 Å². The predicted molar refractivity (Wildman–Crippen MR) is 205 cm³/mol. The summed E-state index contributed by atoms with van der Waals surface area (Å²) in [6.45, 7) is 14.4. The lowest BCUT2D eigenvalue weighted by Gasteiger charge is -2.14. The molecule has 0 aromatic heterocycles. The van der Waals surface area contributed by atoms with Crippen molar-refractivity contribution >= 4 is 35.0 Å². The van der Waals surface area contributed by atoms with Gasteiger partial charge in [-0.15, -0.1) is 0 Å². The quantitative estimate of drug-likeness (QED) is 0.0716. The zero-order valence-electron chi connectivity index (χ0n) is 28.4. The van der Waals surface area contributed by atoms with Gasteiger partial charge in [-0.1, -0.05) is 29.7 Å². The highest BCUT2D eigenvalue weighted by atomic mass is 16.6. The number of nitrogens with two attached hydrogens (primary N) is 1. The number of phenols is 1. The Kier molecular flexibility index (Phi) is 25.5. The highest BCUT2D eigenvalue weighted by Gasteiger charge is 2.20. The minimum atomic E-state index is -1.25. The zero-order chi connectivity index (χ0) is 37.6. The van der Waals surface area contributed by atoms with Crippen LogP contribution in [0.4, 0.5) is 17.1 Å². The predicted octanol–water partition coefficient (Wildman–Crippen LogP) is 9.11. The van der Waals surface area contributed by atoms with Crippen LogP contribution in [-0.2, 0) is 9.47 Å². The summed E-state index contributed by atoms with van der Waals surface area (Å²) in [5.74, 6) is -2.21. The lowest BCUT2D eigenvalue weighted by molar-refractivity contribution is -0.386. The van der Waals surface area contributed by atoms with E-state index < -0.39 is 33.2 Å². The van der Waals surface area contributed by atoms with Crippen LogP contribution in [0.25, 0.3) is 0 Å². The van der Waals surface area contributed by atoms with Crippen molar-refractivity contribution in [2.24, 2.45) is 0 Å². The molecule has 0 bridgehead atoms. The van der Waals surface area contributed by atoms with Crippen LogP contribution in [0.5, 0.6) is 17.2 Å². The summed E-state index contributed by atoms with van der Waals surface area (Å²) in [4.78, 5) is 53.5. The third-order valence-electron chi connectivity index (χ3n) is 5.47. The average molecular weight is 752 g/mol. The van der Waals surface area contributed by atoms with E-state index in [1.165, 1.54) is 18.2 Å². The average Bonchev–Trinajstić information content (AvgIpc) is 2.97. The van der Waals surface area contributed by atoms with Gasteiger partial charge in [0.25, 0.3) is 0 Å². The number of carboxylic acid groups (broad SMARTS) is 1. The SMILES string of the molecule is C.C.C.C.CC(C)OC(=O)c1ccc(N)c(OC(C)C)c1.CC(C)OC(=O)c1ccc([N+](=O)[O-])c(OC(C)C)c1.O=C(O)c1ccc([N+](=O)[O-])c(O)c1. The molecule has 0 aliphatic carbocycles. The summed E-state index contributed by atoms with van der Waals surface area (Å²) in [6.07, 6.45) is -0.615. The maximum atomic E-state index is 11.7. The van der Waals surface area contributed by atoms with Crippen LogP contribution in [0.15, 0.2) is 54.6 Å². The number of ether oxygens (including phenoxy) is 4. The third-order valence-corrected chi connectivity index (χ3v) is 5.47. The molecule has 0 saturated heterocycles. The van der Waals surface area contributed by atoms with E-state index in [0.717, 1.165) is 18.2 Å². The summed E-state index contributed by atoms with van der Waals surface area (Å²) in [7, 11) is 0. The van der Waals surface area contributed by atoms with Crippen LogP contribution in [0.3, 0.4) is 0 Å². The topological polar surface area (TPSA) is 241 Å². The molecule has 4 N–H and O–H groups in total. The number of benzene rings is 3. The first-order valence-corrected chi connectivity index (χ1v) is 14.9. The molecule has 3 aromatic carbocycles. The number of esters is 2. The van der Waals surface area contributed by atoms with E-state index in [-0.39, 0.29) is 82.7 Å². The van der Waals surface area contributed by atoms with E-state index in [2.05, 4.69) is 0 Å². The molecule has 298 valence electrons. The first-order chi connectivity index (χ1) is 22.7. The van der Waals surface area contributed by atoms with Crippen LogP contribution < -0.4 is 15.2 Å². The number of carbonyl (C=O) groups excluding carboxylic acids is 2. The summed E-state index contributed by atoms with van der Waals surface area (Å²) >= 11 is 0. The van der Waals surface area contributed by atoms with E-state index in [9.17, 15) is 34.6 Å². The summed E-state index contributed by atoms with van der Waals surface area (Å²) in [6, 6.07) is 11.7. The second-order valence-electron chi connectivity index (χ2n) is 11.2. The Morgan fingerprint density at radius 3 is 1.36 bits per heavy atom. The minimum Gasteiger partial charge on any atom is -0.502 e. The first kappa shape index (κ1) is 53.9. The van der Waals surface area contributed by atoms with E-state index in [4.69, 9.17) is 34.9 Å². The highest BCUT2D eigenvalue weighted by Crippen LogP contribution is 2.30. The van der Waals surface area contributed by atoms with E-state index in [1.54, 1.807) is 59.7 Å². The van der Waals surface area contributed by atoms with Crippen molar-refractivity contribution in [2.45, 2.75) is 110 Å². The summed E-state index contributed by atoms with van der Waals surface area (Å²) in [5, 5.41) is 38.5. The van der Waals surface area contributed by atoms with Gasteiger partial charge in [0.15, 0.2) is 11.5 Å². The largest absolute Gasteiger partial charge is 0.502 e. The molecular weight excluding hydrogens is 694 g/mol. The van der Waals surface area contributed by atoms with Crippen LogP contribution >= 0.6 is 0 Å². The van der Waals surface area contributed by atoms with Gasteiger partial charge in [-0.2, -0.15) is 0 Å². The fraction of sp³-hybridized carbons (Fsp3) is 0.432. The number of rotatable bonds is 11. The molecule has 53 heavy (non-hydrogen) atoms. The standard InChI is InChI=1S/C13H17NO5.C13H19NO3.C7H5NO5.4CH4/c1-8(2)18-12-7-10(13(15)19-9(3)4)5-6-11(12)14(16)17;1-8(2)16-12-7-10(5-6-11(12)14)13(15)17-9(3)4;9-6-3-4(7(10)11)1-2-5(6)8(12)13;;;;/h5-9H,1-4H3;5-9H,14H2,1-4H3;1-3,9H,(H,10,11);4*1H4. The van der Waals surface area contributed by atoms with Crippen molar-refractivity contribution in [3.63, 3.8) is 0 Å². The lowest BCUT2D eigenvalue weighted by Crippen LogP contribution is -2.13. The molecular formula is C37H57N3O13. The van der Waals surface area contributed by atoms with Gasteiger partial charge in [-0.3, -0.25) is 20.2 Å². The fourth-order valence-electron chi connectivity index (χ4n) is 3.53. The summed E-state index contributed by atoms with van der Waals surface area (Å²) in [5.41, 5.74) is 6.08. The Balaban J connectivity index is -0.000000332. The van der Waals surface area contributed by atoms with Crippen molar-refractivity contribution in [3.05, 3.63) is 91.5 Å². The molecule has 0 fully saturated rings. The minimum absolute atomic E-state index is 0. The van der Waals surface area contributed by atoms with Gasteiger partial charge in [0.2, 0.25) is 0 Å². The molecule has 0 aliphatic heterocycles. The second-order valence-corrected chi connectivity index (χ2v) is 11.2. The molecule has 0 amide bonds. The number of carbonyl (C=O) groups is 3. The van der Waals surface area contributed by atoms with Crippen molar-refractivity contribution in [1.82, 2.24) is 0 Å². The molecule has 0 radical (unpaired) electrons. The van der Waals surface area contributed by atoms with E-state index in [0.29, 0.717) is 17.0 Å². The van der Waals surface area contributed by atoms with Crippen LogP contribution in [0.1, 0.15) is 116 Å². The number of aromatic hydroxyl groups is 1. The van der Waals surface area contributed by atoms with E-state index >= 15 is 0 Å². The van der Waals surface area contributed by atoms with Gasteiger partial charge < -0.3 is 34.9 Å². The monoisotopic (exact) mass is 751 g/mol. The van der Waals surface area contributed by atoms with Crippen LogP contribution in [0, 0.1) is 20.2 Å². The molecule has 0 heterocycles. The number of nitro benzene ring substituents is 2. The second kappa shape index (κ2) is 25.1. The van der Waals surface area contributed by atoms with E-state index in [1.807, 2.05) is 13.8 Å². The number of aromatic carboxylic acids is 1. The third kappa shape index (κ3) is 18.8. The Labute approximate surface area is 312 Å². The summed E-state index contributed by atoms with van der Waals surface area (Å²) < 4.78 is 21.0. The zero-order valence-corrected chi connectivity index (χ0v) is 28.4. The lowest BCUT2D eigenvalue weighted by atomic mass is 10.2. The van der Waals surface area contributed by atoms with Gasteiger partial charge >= 0.3 is 29.3 Å². The normalized spacial score (nSPS) is 9.58. The molecule has 0 spiro atoms. The molecule has 0 saturated carbocycles. The Hall–Kier alpha value is -5.93. The first-order valence-electron chi connectivity index (χ1n) is 14.9. The van der Waals surface area contributed by atoms with Gasteiger partial charge in [0.1, 0.15) is 5.75 Å². The number of hydrogen-bond acceptors (Lipinski definition) is 13. The molecule has 3 rings (SSSR count). The molecule has 3 aromatic rings.